The van der Waals surface area contributed by atoms with Crippen molar-refractivity contribution in [3.05, 3.63) is 58.4 Å². The predicted octanol–water partition coefficient (Wildman–Crippen LogP) is 1.66. The fraction of sp³-hybridized carbons (Fsp3) is 0.333. The zero-order valence-corrected chi connectivity index (χ0v) is 16.9. The van der Waals surface area contributed by atoms with Crippen molar-refractivity contribution >= 4 is 23.9 Å². The molecule has 1 aromatic rings. The summed E-state index contributed by atoms with van der Waals surface area (Å²) in [5, 5.41) is 11.8. The van der Waals surface area contributed by atoms with Gasteiger partial charge in [0.15, 0.2) is 13.2 Å². The van der Waals surface area contributed by atoms with Crippen molar-refractivity contribution in [2.45, 2.75) is 26.7 Å². The lowest BCUT2D eigenvalue weighted by Gasteiger charge is -2.30. The second-order valence-electron chi connectivity index (χ2n) is 6.40. The molecule has 2 N–H and O–H groups in total. The number of benzene rings is 1. The van der Waals surface area contributed by atoms with E-state index in [1.807, 2.05) is 0 Å². The molecule has 1 aromatic carbocycles. The minimum Gasteiger partial charge on any atom is -0.479 e. The van der Waals surface area contributed by atoms with Crippen molar-refractivity contribution in [1.29, 1.82) is 0 Å². The number of carbonyl (C=O) groups is 4. The number of hydrogen-bond donors (Lipinski definition) is 2. The van der Waals surface area contributed by atoms with Crippen molar-refractivity contribution in [2.75, 3.05) is 19.8 Å². The van der Waals surface area contributed by atoms with Gasteiger partial charge in [0.25, 0.3) is 0 Å². The number of ether oxygens (including phenoxy) is 3. The third-order valence-corrected chi connectivity index (χ3v) is 4.29. The third kappa shape index (κ3) is 5.47. The summed E-state index contributed by atoms with van der Waals surface area (Å²) in [6.45, 7) is 3.64. The molecule has 160 valence electrons. The van der Waals surface area contributed by atoms with E-state index in [4.69, 9.17) is 19.3 Å². The van der Waals surface area contributed by atoms with Gasteiger partial charge in [0.1, 0.15) is 0 Å². The van der Waals surface area contributed by atoms with E-state index in [2.05, 4.69) is 5.32 Å². The molecule has 1 unspecified atom stereocenters. The molecule has 0 fully saturated rings. The summed E-state index contributed by atoms with van der Waals surface area (Å²) in [5.74, 6) is -4.56. The van der Waals surface area contributed by atoms with Gasteiger partial charge in [0.2, 0.25) is 0 Å². The largest absolute Gasteiger partial charge is 0.479 e. The monoisotopic (exact) mass is 417 g/mol. The molecule has 0 bridgehead atoms. The minimum absolute atomic E-state index is 0.0798. The lowest BCUT2D eigenvalue weighted by molar-refractivity contribution is -0.156. The van der Waals surface area contributed by atoms with Crippen molar-refractivity contribution in [2.24, 2.45) is 0 Å². The highest BCUT2D eigenvalue weighted by Crippen LogP contribution is 2.39. The van der Waals surface area contributed by atoms with Gasteiger partial charge in [0.05, 0.1) is 23.7 Å². The number of nitrogens with one attached hydrogen (secondary N) is 1. The number of rotatable bonds is 8. The Kier molecular flexibility index (Phi) is 7.74. The molecule has 0 aromatic heterocycles. The van der Waals surface area contributed by atoms with Crippen LogP contribution in [0.1, 0.15) is 32.3 Å². The molecule has 1 aliphatic rings. The molecule has 1 heterocycles. The molecule has 2 rings (SSSR count). The third-order valence-electron chi connectivity index (χ3n) is 4.29. The first-order valence-electron chi connectivity index (χ1n) is 9.21. The Bertz CT molecular complexity index is 901. The zero-order chi connectivity index (χ0) is 22.3. The van der Waals surface area contributed by atoms with Gasteiger partial charge < -0.3 is 24.6 Å². The molecule has 1 atom stereocenters. The lowest BCUT2D eigenvalue weighted by Crippen LogP contribution is -2.33. The van der Waals surface area contributed by atoms with E-state index in [1.165, 1.54) is 0 Å². The normalized spacial score (nSPS) is 15.9. The van der Waals surface area contributed by atoms with Crippen LogP contribution in [-0.4, -0.2) is 48.8 Å². The first-order valence-corrected chi connectivity index (χ1v) is 9.21. The van der Waals surface area contributed by atoms with Gasteiger partial charge in [-0.3, -0.25) is 0 Å². The van der Waals surface area contributed by atoms with Gasteiger partial charge in [-0.25, -0.2) is 19.2 Å². The lowest BCUT2D eigenvalue weighted by atomic mass is 9.80. The van der Waals surface area contributed by atoms with Crippen LogP contribution in [0, 0.1) is 0 Å². The van der Waals surface area contributed by atoms with Crippen LogP contribution >= 0.6 is 0 Å². The van der Waals surface area contributed by atoms with E-state index < -0.39 is 43.0 Å². The number of carboxylic acids is 1. The Morgan fingerprint density at radius 3 is 1.93 bits per heavy atom. The fourth-order valence-corrected chi connectivity index (χ4v) is 3.12. The maximum absolute atomic E-state index is 12.8. The summed E-state index contributed by atoms with van der Waals surface area (Å²) >= 11 is 0. The van der Waals surface area contributed by atoms with E-state index in [-0.39, 0.29) is 17.8 Å². The number of esters is 3. The molecule has 0 saturated carbocycles. The summed E-state index contributed by atoms with van der Waals surface area (Å²) in [6, 6.07) is 8.70. The van der Waals surface area contributed by atoms with E-state index >= 15 is 0 Å². The molecule has 9 heteroatoms. The highest BCUT2D eigenvalue weighted by molar-refractivity contribution is 6.00. The number of hydrogen-bond acceptors (Lipinski definition) is 8. The van der Waals surface area contributed by atoms with Gasteiger partial charge in [-0.1, -0.05) is 30.3 Å². The molecule has 9 nitrogen and oxygen atoms in total. The molecular weight excluding hydrogens is 394 g/mol. The van der Waals surface area contributed by atoms with E-state index in [1.54, 1.807) is 51.1 Å². The van der Waals surface area contributed by atoms with Crippen LogP contribution in [0.15, 0.2) is 52.9 Å². The molecule has 0 saturated heterocycles. The van der Waals surface area contributed by atoms with Crippen LogP contribution in [0.25, 0.3) is 0 Å². The first kappa shape index (κ1) is 22.7. The number of aliphatic carboxylic acids is 1. The van der Waals surface area contributed by atoms with Crippen LogP contribution in [0.4, 0.5) is 0 Å². The predicted molar refractivity (Wildman–Crippen MR) is 104 cm³/mol. The number of carboxylic acid groups (broad SMARTS) is 1. The quantitative estimate of drug-likeness (QED) is 0.479. The molecule has 0 amide bonds. The van der Waals surface area contributed by atoms with Crippen LogP contribution in [0.3, 0.4) is 0 Å². The Labute approximate surface area is 173 Å². The molecule has 1 aliphatic heterocycles. The highest BCUT2D eigenvalue weighted by atomic mass is 16.6. The minimum atomic E-state index is -1.30. The molecule has 0 radical (unpaired) electrons. The second-order valence-corrected chi connectivity index (χ2v) is 6.40. The van der Waals surface area contributed by atoms with Gasteiger partial charge in [-0.2, -0.15) is 0 Å². The number of allylic oxidation sites excluding steroid dienone is 2. The SMILES string of the molecule is CCOC(=O)COC(=O)C1=C(C)NC(C)=C(C(=O)OCC(=O)O)C1c1ccccc1. The Morgan fingerprint density at radius 2 is 1.43 bits per heavy atom. The maximum atomic E-state index is 12.8. The summed E-state index contributed by atoms with van der Waals surface area (Å²) in [6.07, 6.45) is 0. The van der Waals surface area contributed by atoms with Crippen LogP contribution in [-0.2, 0) is 33.4 Å². The van der Waals surface area contributed by atoms with Crippen molar-refractivity contribution < 1.29 is 38.5 Å². The van der Waals surface area contributed by atoms with Crippen molar-refractivity contribution in [3.63, 3.8) is 0 Å². The summed E-state index contributed by atoms with van der Waals surface area (Å²) in [4.78, 5) is 47.9. The molecule has 0 aliphatic carbocycles. The molecule has 30 heavy (non-hydrogen) atoms. The zero-order valence-electron chi connectivity index (χ0n) is 16.9. The second kappa shape index (κ2) is 10.2. The van der Waals surface area contributed by atoms with Crippen molar-refractivity contribution in [3.8, 4) is 0 Å². The van der Waals surface area contributed by atoms with E-state index in [9.17, 15) is 19.2 Å². The standard InChI is InChI=1S/C21H23NO8/c1-4-28-16(25)11-30-21(27)18-13(3)22-12(2)17(20(26)29-10-15(23)24)19(18)14-8-6-5-7-9-14/h5-9,19,22H,4,10-11H2,1-3H3,(H,23,24). The average molecular weight is 417 g/mol. The maximum Gasteiger partial charge on any atom is 0.344 e. The summed E-state index contributed by atoms with van der Waals surface area (Å²) in [7, 11) is 0. The molecular formula is C21H23NO8. The molecule has 0 spiro atoms. The van der Waals surface area contributed by atoms with Crippen LogP contribution in [0.5, 0.6) is 0 Å². The van der Waals surface area contributed by atoms with Gasteiger partial charge >= 0.3 is 23.9 Å². The van der Waals surface area contributed by atoms with Gasteiger partial charge in [0, 0.05) is 11.4 Å². The summed E-state index contributed by atoms with van der Waals surface area (Å²) < 4.78 is 14.7. The van der Waals surface area contributed by atoms with Gasteiger partial charge in [-0.15, -0.1) is 0 Å². The van der Waals surface area contributed by atoms with Crippen LogP contribution < -0.4 is 5.32 Å². The van der Waals surface area contributed by atoms with E-state index in [0.717, 1.165) is 0 Å². The number of dihydropyridines is 1. The first-order chi connectivity index (χ1) is 14.3. The van der Waals surface area contributed by atoms with Crippen molar-refractivity contribution in [1.82, 2.24) is 5.32 Å². The van der Waals surface area contributed by atoms with Gasteiger partial charge in [-0.05, 0) is 26.3 Å². The topological polar surface area (TPSA) is 128 Å². The van der Waals surface area contributed by atoms with Crippen LogP contribution in [0.2, 0.25) is 0 Å². The Hall–Kier alpha value is -3.62. The smallest absolute Gasteiger partial charge is 0.344 e. The number of carbonyl (C=O) groups excluding carboxylic acids is 3. The van der Waals surface area contributed by atoms with E-state index in [0.29, 0.717) is 17.0 Å². The highest BCUT2D eigenvalue weighted by Gasteiger charge is 2.38. The summed E-state index contributed by atoms with van der Waals surface area (Å²) in [5.41, 5.74) is 1.64. The Morgan fingerprint density at radius 1 is 0.900 bits per heavy atom. The average Bonchev–Trinajstić information content (AvgIpc) is 2.70. The Balaban J connectivity index is 2.42. The fourth-order valence-electron chi connectivity index (χ4n) is 3.12.